The maximum atomic E-state index is 12.7. The van der Waals surface area contributed by atoms with Gasteiger partial charge in [-0.3, -0.25) is 9.59 Å². The van der Waals surface area contributed by atoms with E-state index in [1.165, 1.54) is 24.0 Å². The molecule has 4 rings (SSSR count). The number of rotatable bonds is 4. The minimum atomic E-state index is -0.762. The van der Waals surface area contributed by atoms with E-state index in [1.54, 1.807) is 0 Å². The molecule has 0 spiro atoms. The predicted molar refractivity (Wildman–Crippen MR) is 109 cm³/mol. The molecule has 5 heteroatoms. The first kappa shape index (κ1) is 18.4. The van der Waals surface area contributed by atoms with Gasteiger partial charge < -0.3 is 5.32 Å². The Kier molecular flexibility index (Phi) is 5.24. The minimum absolute atomic E-state index is 0.173. The highest BCUT2D eigenvalue weighted by molar-refractivity contribution is 6.04. The molecule has 2 amide bonds. The Morgan fingerprint density at radius 3 is 2.61 bits per heavy atom. The van der Waals surface area contributed by atoms with Crippen LogP contribution in [0.15, 0.2) is 53.6 Å². The minimum Gasteiger partial charge on any atom is -0.355 e. The average molecular weight is 375 g/mol. The number of hydrogen-bond donors (Lipinski definition) is 2. The molecule has 1 saturated heterocycles. The summed E-state index contributed by atoms with van der Waals surface area (Å²) in [7, 11) is 0. The van der Waals surface area contributed by atoms with Crippen LogP contribution in [0.5, 0.6) is 0 Å². The fraction of sp³-hybridized carbons (Fsp3) is 0.348. The third-order valence-corrected chi connectivity index (χ3v) is 5.79. The van der Waals surface area contributed by atoms with E-state index >= 15 is 0 Å². The molecule has 0 bridgehead atoms. The van der Waals surface area contributed by atoms with E-state index in [9.17, 15) is 9.59 Å². The zero-order chi connectivity index (χ0) is 19.5. The summed E-state index contributed by atoms with van der Waals surface area (Å²) in [4.78, 5) is 25.0. The molecule has 1 fully saturated rings. The summed E-state index contributed by atoms with van der Waals surface area (Å²) in [6, 6.07) is 16.1. The molecule has 2 aromatic carbocycles. The number of hydrazone groups is 1. The predicted octanol–water partition coefficient (Wildman–Crippen LogP) is 2.94. The highest BCUT2D eigenvalue weighted by Crippen LogP contribution is 2.29. The van der Waals surface area contributed by atoms with Crippen molar-refractivity contribution in [3.63, 3.8) is 0 Å². The van der Waals surface area contributed by atoms with E-state index < -0.39 is 5.92 Å². The van der Waals surface area contributed by atoms with E-state index in [1.807, 2.05) is 37.3 Å². The molecule has 0 aromatic heterocycles. The molecule has 5 nitrogen and oxygen atoms in total. The Balaban J connectivity index is 1.48. The van der Waals surface area contributed by atoms with Gasteiger partial charge in [-0.15, -0.1) is 0 Å². The number of amides is 2. The monoisotopic (exact) mass is 375 g/mol. The van der Waals surface area contributed by atoms with Crippen LogP contribution >= 0.6 is 0 Å². The number of benzene rings is 2. The van der Waals surface area contributed by atoms with Gasteiger partial charge in [0.2, 0.25) is 5.91 Å². The number of aryl methyl sites for hydroxylation is 2. The quantitative estimate of drug-likeness (QED) is 0.490. The van der Waals surface area contributed by atoms with Crippen molar-refractivity contribution < 1.29 is 9.59 Å². The lowest BCUT2D eigenvalue weighted by Gasteiger charge is -2.17. The molecular weight excluding hydrogens is 350 g/mol. The molecule has 0 radical (unpaired) electrons. The van der Waals surface area contributed by atoms with Gasteiger partial charge in [-0.25, -0.2) is 5.43 Å². The molecule has 1 heterocycles. The van der Waals surface area contributed by atoms with Crippen molar-refractivity contribution in [1.29, 1.82) is 0 Å². The number of nitrogens with one attached hydrogen (secondary N) is 2. The standard InChI is InChI=1S/C23H25N3O2/c1-15(18-12-11-16-7-5-6-10-19(16)13-18)25-26-23(28)21-20(14-24-22(21)27)17-8-3-2-4-9-17/h2-4,8-9,11-13,20-21H,5-7,10,14H2,1H3,(H,24,27)(H,26,28). The molecule has 2 unspecified atom stereocenters. The zero-order valence-corrected chi connectivity index (χ0v) is 16.1. The molecule has 144 valence electrons. The Bertz CT molecular complexity index is 921. The third kappa shape index (κ3) is 3.70. The summed E-state index contributed by atoms with van der Waals surface area (Å²) in [5.41, 5.74) is 8.16. The number of hydrogen-bond acceptors (Lipinski definition) is 3. The topological polar surface area (TPSA) is 70.6 Å². The number of carbonyl (C=O) groups excluding carboxylic acids is 2. The van der Waals surface area contributed by atoms with Crippen molar-refractivity contribution in [2.24, 2.45) is 11.0 Å². The second-order valence-electron chi connectivity index (χ2n) is 7.60. The van der Waals surface area contributed by atoms with Crippen LogP contribution in [0.25, 0.3) is 0 Å². The maximum absolute atomic E-state index is 12.7. The van der Waals surface area contributed by atoms with E-state index in [4.69, 9.17) is 0 Å². The fourth-order valence-corrected chi connectivity index (χ4v) is 4.16. The Morgan fingerprint density at radius 1 is 1.07 bits per heavy atom. The van der Waals surface area contributed by atoms with Gasteiger partial charge in [0.15, 0.2) is 0 Å². The van der Waals surface area contributed by atoms with Crippen LogP contribution in [-0.2, 0) is 22.4 Å². The van der Waals surface area contributed by atoms with Gasteiger partial charge in [-0.2, -0.15) is 5.10 Å². The van der Waals surface area contributed by atoms with Crippen LogP contribution in [0.4, 0.5) is 0 Å². The molecule has 28 heavy (non-hydrogen) atoms. The third-order valence-electron chi connectivity index (χ3n) is 5.79. The van der Waals surface area contributed by atoms with Crippen molar-refractivity contribution >= 4 is 17.5 Å². The lowest BCUT2D eigenvalue weighted by atomic mass is 9.88. The first-order chi connectivity index (χ1) is 13.6. The zero-order valence-electron chi connectivity index (χ0n) is 16.1. The molecule has 2 atom stereocenters. The van der Waals surface area contributed by atoms with Gasteiger partial charge >= 0.3 is 0 Å². The lowest BCUT2D eigenvalue weighted by Crippen LogP contribution is -2.35. The van der Waals surface area contributed by atoms with Gasteiger partial charge in [0, 0.05) is 12.5 Å². The largest absolute Gasteiger partial charge is 0.355 e. The molecule has 1 aliphatic heterocycles. The summed E-state index contributed by atoms with van der Waals surface area (Å²) in [5, 5.41) is 7.09. The smallest absolute Gasteiger partial charge is 0.253 e. The highest BCUT2D eigenvalue weighted by atomic mass is 16.2. The van der Waals surface area contributed by atoms with Crippen LogP contribution in [-0.4, -0.2) is 24.1 Å². The van der Waals surface area contributed by atoms with E-state index in [0.717, 1.165) is 29.7 Å². The van der Waals surface area contributed by atoms with Crippen LogP contribution in [0.2, 0.25) is 0 Å². The number of fused-ring (bicyclic) bond motifs is 1. The Hall–Kier alpha value is -2.95. The van der Waals surface area contributed by atoms with Gasteiger partial charge in [0.05, 0.1) is 5.71 Å². The lowest BCUT2D eigenvalue weighted by molar-refractivity contribution is -0.133. The molecule has 0 saturated carbocycles. The van der Waals surface area contributed by atoms with Crippen molar-refractivity contribution in [3.8, 4) is 0 Å². The molecule has 2 aromatic rings. The van der Waals surface area contributed by atoms with Crippen LogP contribution in [0, 0.1) is 5.92 Å². The second-order valence-corrected chi connectivity index (χ2v) is 7.60. The van der Waals surface area contributed by atoms with Crippen molar-refractivity contribution in [2.45, 2.75) is 38.5 Å². The molecule has 2 aliphatic rings. The number of nitrogens with zero attached hydrogens (tertiary/aromatic N) is 1. The van der Waals surface area contributed by atoms with E-state index in [2.05, 4.69) is 34.0 Å². The summed E-state index contributed by atoms with van der Waals surface area (Å²) in [6.07, 6.45) is 4.71. The number of carbonyl (C=O) groups is 2. The summed E-state index contributed by atoms with van der Waals surface area (Å²) in [6.45, 7) is 2.35. The summed E-state index contributed by atoms with van der Waals surface area (Å²) >= 11 is 0. The highest BCUT2D eigenvalue weighted by Gasteiger charge is 2.41. The summed E-state index contributed by atoms with van der Waals surface area (Å²) in [5.74, 6) is -1.54. The van der Waals surface area contributed by atoms with Gasteiger partial charge in [0.1, 0.15) is 5.92 Å². The Morgan fingerprint density at radius 2 is 1.82 bits per heavy atom. The SMILES string of the molecule is CC(=NNC(=O)C1C(=O)NCC1c1ccccc1)c1ccc2c(c1)CCCC2. The average Bonchev–Trinajstić information content (AvgIpc) is 3.13. The van der Waals surface area contributed by atoms with Gasteiger partial charge in [-0.05, 0) is 60.9 Å². The first-order valence-electron chi connectivity index (χ1n) is 9.92. The molecule has 2 N–H and O–H groups in total. The van der Waals surface area contributed by atoms with Crippen LogP contribution in [0.3, 0.4) is 0 Å². The van der Waals surface area contributed by atoms with Crippen LogP contribution < -0.4 is 10.7 Å². The Labute approximate surface area is 165 Å². The second kappa shape index (κ2) is 7.97. The van der Waals surface area contributed by atoms with Gasteiger partial charge in [0.25, 0.3) is 5.91 Å². The van der Waals surface area contributed by atoms with E-state index in [-0.39, 0.29) is 17.7 Å². The maximum Gasteiger partial charge on any atom is 0.253 e. The normalized spacial score (nSPS) is 21.8. The fourth-order valence-electron chi connectivity index (χ4n) is 4.16. The van der Waals surface area contributed by atoms with Crippen molar-refractivity contribution in [2.75, 3.05) is 6.54 Å². The van der Waals surface area contributed by atoms with Crippen molar-refractivity contribution in [1.82, 2.24) is 10.7 Å². The summed E-state index contributed by atoms with van der Waals surface area (Å²) < 4.78 is 0. The first-order valence-corrected chi connectivity index (χ1v) is 9.92. The van der Waals surface area contributed by atoms with Crippen molar-refractivity contribution in [3.05, 3.63) is 70.8 Å². The molecular formula is C23H25N3O2. The van der Waals surface area contributed by atoms with Gasteiger partial charge in [-0.1, -0.05) is 42.5 Å². The van der Waals surface area contributed by atoms with E-state index in [0.29, 0.717) is 6.54 Å². The molecule has 1 aliphatic carbocycles. The van der Waals surface area contributed by atoms with Crippen LogP contribution in [0.1, 0.15) is 47.9 Å².